The average Bonchev–Trinajstić information content (AvgIpc) is 3.11. The van der Waals surface area contributed by atoms with Gasteiger partial charge in [-0.2, -0.15) is 0 Å². The van der Waals surface area contributed by atoms with Crippen LogP contribution in [-0.2, 0) is 6.54 Å². The van der Waals surface area contributed by atoms with Crippen molar-refractivity contribution in [2.75, 3.05) is 25.5 Å². The Morgan fingerprint density at radius 1 is 1.26 bits per heavy atom. The molecule has 0 bridgehead atoms. The number of carbonyl (C=O) groups excluding carboxylic acids is 1. The summed E-state index contributed by atoms with van der Waals surface area (Å²) in [6, 6.07) is 11.2. The number of methoxy groups -OCH3 is 1. The molecule has 3 heterocycles. The summed E-state index contributed by atoms with van der Waals surface area (Å²) in [6.07, 6.45) is 5.70. The van der Waals surface area contributed by atoms with Gasteiger partial charge in [-0.05, 0) is 43.0 Å². The van der Waals surface area contributed by atoms with Crippen LogP contribution in [0.5, 0.6) is 5.75 Å². The molecule has 0 radical (unpaired) electrons. The van der Waals surface area contributed by atoms with Crippen LogP contribution >= 0.6 is 0 Å². The number of urea groups is 1. The topological polar surface area (TPSA) is 72.3 Å². The fourth-order valence-corrected chi connectivity index (χ4v) is 3.65. The largest absolute Gasteiger partial charge is 0.495 e. The summed E-state index contributed by atoms with van der Waals surface area (Å²) in [7, 11) is 1.60. The second-order valence-corrected chi connectivity index (χ2v) is 6.83. The Labute approximate surface area is 158 Å². The number of carbonyl (C=O) groups is 1. The lowest BCUT2D eigenvalue weighted by Crippen LogP contribution is -2.43. The Bertz CT molecular complexity index is 939. The molecule has 1 N–H and O–H groups in total. The second-order valence-electron chi connectivity index (χ2n) is 6.83. The average molecular weight is 365 g/mol. The molecule has 0 saturated carbocycles. The maximum absolute atomic E-state index is 12.7. The number of rotatable bonds is 4. The highest BCUT2D eigenvalue weighted by atomic mass is 16.5. The van der Waals surface area contributed by atoms with Gasteiger partial charge in [0, 0.05) is 25.8 Å². The number of nitrogens with zero attached hydrogens (tertiary/aromatic N) is 4. The Hall–Kier alpha value is -3.09. The summed E-state index contributed by atoms with van der Waals surface area (Å²) in [5.41, 5.74) is 2.49. The van der Waals surface area contributed by atoms with E-state index in [0.717, 1.165) is 37.1 Å². The molecular formula is C20H23N5O2. The van der Waals surface area contributed by atoms with Gasteiger partial charge < -0.3 is 19.5 Å². The molecule has 27 heavy (non-hydrogen) atoms. The van der Waals surface area contributed by atoms with Crippen LogP contribution in [0.2, 0.25) is 0 Å². The van der Waals surface area contributed by atoms with E-state index in [1.54, 1.807) is 13.3 Å². The lowest BCUT2D eigenvalue weighted by atomic mass is 9.98. The quantitative estimate of drug-likeness (QED) is 0.769. The van der Waals surface area contributed by atoms with E-state index in [0.29, 0.717) is 23.9 Å². The number of amides is 2. The van der Waals surface area contributed by atoms with Gasteiger partial charge in [0.25, 0.3) is 0 Å². The third-order valence-electron chi connectivity index (χ3n) is 4.98. The Morgan fingerprint density at radius 3 is 3.04 bits per heavy atom. The van der Waals surface area contributed by atoms with Crippen LogP contribution in [0, 0.1) is 5.92 Å². The van der Waals surface area contributed by atoms with Crippen molar-refractivity contribution in [2.45, 2.75) is 19.4 Å². The molecule has 0 aliphatic carbocycles. The van der Waals surface area contributed by atoms with Crippen molar-refractivity contribution in [2.24, 2.45) is 5.92 Å². The van der Waals surface area contributed by atoms with Crippen molar-refractivity contribution in [3.8, 4) is 5.75 Å². The standard InChI is InChI=1S/C20H23N5O2/c1-27-18-9-3-2-7-16(18)23-20(26)24-11-5-6-15(12-24)13-25-14-22-17-8-4-10-21-19(17)25/h2-4,7-10,14-15H,5-6,11-13H2,1H3,(H,23,26). The van der Waals surface area contributed by atoms with Gasteiger partial charge in [0.05, 0.1) is 19.1 Å². The first kappa shape index (κ1) is 17.3. The molecule has 7 nitrogen and oxygen atoms in total. The summed E-state index contributed by atoms with van der Waals surface area (Å²) in [4.78, 5) is 23.4. The number of anilines is 1. The van der Waals surface area contributed by atoms with Crippen molar-refractivity contribution >= 4 is 22.9 Å². The molecular weight excluding hydrogens is 342 g/mol. The number of benzene rings is 1. The zero-order valence-electron chi connectivity index (χ0n) is 15.3. The number of nitrogens with one attached hydrogen (secondary N) is 1. The SMILES string of the molecule is COc1ccccc1NC(=O)N1CCCC(Cn2cnc3cccnc32)C1. The smallest absolute Gasteiger partial charge is 0.321 e. The number of imidazole rings is 1. The van der Waals surface area contributed by atoms with Crippen LogP contribution in [0.3, 0.4) is 0 Å². The number of ether oxygens (including phenoxy) is 1. The highest BCUT2D eigenvalue weighted by Gasteiger charge is 2.25. The molecule has 140 valence electrons. The predicted molar refractivity (Wildman–Crippen MR) is 104 cm³/mol. The molecule has 7 heteroatoms. The minimum atomic E-state index is -0.0854. The summed E-state index contributed by atoms with van der Waals surface area (Å²) in [5.74, 6) is 1.04. The van der Waals surface area contributed by atoms with E-state index in [1.807, 2.05) is 47.6 Å². The third-order valence-corrected chi connectivity index (χ3v) is 4.98. The fourth-order valence-electron chi connectivity index (χ4n) is 3.65. The number of piperidine rings is 1. The van der Waals surface area contributed by atoms with E-state index in [2.05, 4.69) is 19.9 Å². The zero-order valence-corrected chi connectivity index (χ0v) is 15.3. The van der Waals surface area contributed by atoms with Gasteiger partial charge in [0.15, 0.2) is 5.65 Å². The van der Waals surface area contributed by atoms with Gasteiger partial charge >= 0.3 is 6.03 Å². The molecule has 2 amide bonds. The molecule has 1 aliphatic heterocycles. The van der Waals surface area contributed by atoms with E-state index in [-0.39, 0.29) is 6.03 Å². The van der Waals surface area contributed by atoms with Crippen LogP contribution < -0.4 is 10.1 Å². The maximum Gasteiger partial charge on any atom is 0.321 e. The number of aromatic nitrogens is 3. The normalized spacial score (nSPS) is 17.1. The fraction of sp³-hybridized carbons (Fsp3) is 0.350. The highest BCUT2D eigenvalue weighted by molar-refractivity contribution is 5.91. The number of hydrogen-bond donors (Lipinski definition) is 1. The highest BCUT2D eigenvalue weighted by Crippen LogP contribution is 2.25. The Kier molecular flexibility index (Phi) is 4.91. The first-order valence-electron chi connectivity index (χ1n) is 9.19. The lowest BCUT2D eigenvalue weighted by molar-refractivity contribution is 0.171. The molecule has 3 aromatic rings. The molecule has 1 aliphatic rings. The molecule has 0 spiro atoms. The minimum absolute atomic E-state index is 0.0854. The second kappa shape index (κ2) is 7.65. The van der Waals surface area contributed by atoms with E-state index >= 15 is 0 Å². The zero-order chi connectivity index (χ0) is 18.6. The van der Waals surface area contributed by atoms with Crippen molar-refractivity contribution in [3.63, 3.8) is 0 Å². The van der Waals surface area contributed by atoms with Gasteiger partial charge in [0.1, 0.15) is 11.3 Å². The molecule has 1 fully saturated rings. The van der Waals surface area contributed by atoms with Crippen LogP contribution in [0.15, 0.2) is 48.9 Å². The van der Waals surface area contributed by atoms with Crippen molar-refractivity contribution < 1.29 is 9.53 Å². The van der Waals surface area contributed by atoms with Crippen LogP contribution in [0.4, 0.5) is 10.5 Å². The molecule has 4 rings (SSSR count). The first-order chi connectivity index (χ1) is 13.2. The summed E-state index contributed by atoms with van der Waals surface area (Å²) in [6.45, 7) is 2.29. The minimum Gasteiger partial charge on any atom is -0.495 e. The summed E-state index contributed by atoms with van der Waals surface area (Å²) < 4.78 is 7.40. The van der Waals surface area contributed by atoms with Gasteiger partial charge in [-0.25, -0.2) is 14.8 Å². The van der Waals surface area contributed by atoms with E-state index in [9.17, 15) is 4.79 Å². The number of likely N-dealkylation sites (tertiary alicyclic amines) is 1. The van der Waals surface area contributed by atoms with E-state index < -0.39 is 0 Å². The lowest BCUT2D eigenvalue weighted by Gasteiger charge is -2.33. The van der Waals surface area contributed by atoms with Gasteiger partial charge in [0.2, 0.25) is 0 Å². The van der Waals surface area contributed by atoms with Gasteiger partial charge in [-0.3, -0.25) is 0 Å². The number of hydrogen-bond acceptors (Lipinski definition) is 4. The molecule has 1 atom stereocenters. The van der Waals surface area contributed by atoms with Crippen LogP contribution in [0.25, 0.3) is 11.2 Å². The predicted octanol–water partition coefficient (Wildman–Crippen LogP) is 3.38. The molecule has 2 aromatic heterocycles. The van der Waals surface area contributed by atoms with Crippen molar-refractivity contribution in [3.05, 3.63) is 48.9 Å². The monoisotopic (exact) mass is 365 g/mol. The Morgan fingerprint density at radius 2 is 2.15 bits per heavy atom. The Balaban J connectivity index is 1.42. The van der Waals surface area contributed by atoms with Crippen molar-refractivity contribution in [1.82, 2.24) is 19.4 Å². The van der Waals surface area contributed by atoms with Gasteiger partial charge in [-0.1, -0.05) is 12.1 Å². The molecule has 1 saturated heterocycles. The van der Waals surface area contributed by atoms with E-state index in [4.69, 9.17) is 4.74 Å². The molecule has 1 aromatic carbocycles. The number of fused-ring (bicyclic) bond motifs is 1. The number of pyridine rings is 1. The maximum atomic E-state index is 12.7. The van der Waals surface area contributed by atoms with Crippen LogP contribution in [-0.4, -0.2) is 45.7 Å². The van der Waals surface area contributed by atoms with Gasteiger partial charge in [-0.15, -0.1) is 0 Å². The van der Waals surface area contributed by atoms with E-state index in [1.165, 1.54) is 0 Å². The third kappa shape index (κ3) is 3.72. The van der Waals surface area contributed by atoms with Crippen LogP contribution in [0.1, 0.15) is 12.8 Å². The summed E-state index contributed by atoms with van der Waals surface area (Å²) in [5, 5.41) is 2.97. The first-order valence-corrected chi connectivity index (χ1v) is 9.19. The molecule has 1 unspecified atom stereocenters. The van der Waals surface area contributed by atoms with Crippen molar-refractivity contribution in [1.29, 1.82) is 0 Å². The summed E-state index contributed by atoms with van der Waals surface area (Å²) >= 11 is 0. The number of para-hydroxylation sites is 2.